The van der Waals surface area contributed by atoms with Gasteiger partial charge in [0.15, 0.2) is 6.10 Å². The van der Waals surface area contributed by atoms with E-state index in [1.54, 1.807) is 24.3 Å². The van der Waals surface area contributed by atoms with Gasteiger partial charge >= 0.3 is 5.97 Å². The first kappa shape index (κ1) is 19.6. The fourth-order valence-corrected chi connectivity index (χ4v) is 2.09. The number of nitrogens with zero attached hydrogens (tertiary/aromatic N) is 1. The molecule has 2 aromatic carbocycles. The molecule has 1 atom stereocenters. The number of benzene rings is 2. The summed E-state index contributed by atoms with van der Waals surface area (Å²) in [5.41, 5.74) is 0.991. The lowest BCUT2D eigenvalue weighted by atomic mass is 10.2. The normalized spacial score (nSPS) is 11.2. The van der Waals surface area contributed by atoms with E-state index in [0.717, 1.165) is 0 Å². The Balaban J connectivity index is 1.93. The number of anilines is 2. The molecule has 0 bridgehead atoms. The third kappa shape index (κ3) is 5.63. The number of rotatable bonds is 6. The number of carbonyl (C=O) groups excluding carboxylic acids is 3. The minimum atomic E-state index is -1.08. The van der Waals surface area contributed by atoms with Gasteiger partial charge in [-0.25, -0.2) is 4.79 Å². The van der Waals surface area contributed by atoms with Crippen LogP contribution in [0.15, 0.2) is 48.5 Å². The summed E-state index contributed by atoms with van der Waals surface area (Å²) in [6.07, 6.45) is -1.08. The largest absolute Gasteiger partial charge is 0.449 e. The standard InChI is InChI=1S/C18H17N3O6/c1-11(27-18(24)13-3-9-16(10-4-13)21(25)26)17(23)20-15-7-5-14(6-8-15)19-12(2)22/h3-11H,1-2H3,(H,19,22)(H,20,23). The molecule has 0 saturated carbocycles. The average molecular weight is 371 g/mol. The lowest BCUT2D eigenvalue weighted by molar-refractivity contribution is -0.384. The molecule has 2 aromatic rings. The predicted molar refractivity (Wildman–Crippen MR) is 97.3 cm³/mol. The quantitative estimate of drug-likeness (QED) is 0.456. The van der Waals surface area contributed by atoms with E-state index in [0.29, 0.717) is 11.4 Å². The number of nitrogens with one attached hydrogen (secondary N) is 2. The van der Waals surface area contributed by atoms with Crippen molar-refractivity contribution >= 4 is 34.8 Å². The Hall–Kier alpha value is -3.75. The second-order valence-electron chi connectivity index (χ2n) is 5.60. The number of nitro benzene ring substituents is 1. The van der Waals surface area contributed by atoms with Crippen LogP contribution >= 0.6 is 0 Å². The molecule has 0 radical (unpaired) electrons. The molecule has 2 rings (SSSR count). The highest BCUT2D eigenvalue weighted by Gasteiger charge is 2.19. The van der Waals surface area contributed by atoms with Crippen molar-refractivity contribution in [3.63, 3.8) is 0 Å². The molecule has 0 aliphatic rings. The number of non-ortho nitro benzene ring substituents is 1. The van der Waals surface area contributed by atoms with Crippen molar-refractivity contribution in [2.45, 2.75) is 20.0 Å². The van der Waals surface area contributed by atoms with Gasteiger partial charge < -0.3 is 15.4 Å². The van der Waals surface area contributed by atoms with E-state index >= 15 is 0 Å². The second-order valence-corrected chi connectivity index (χ2v) is 5.60. The van der Waals surface area contributed by atoms with Gasteiger partial charge in [0, 0.05) is 30.4 Å². The van der Waals surface area contributed by atoms with Gasteiger partial charge in [0.1, 0.15) is 0 Å². The Morgan fingerprint density at radius 3 is 1.96 bits per heavy atom. The van der Waals surface area contributed by atoms with Crippen LogP contribution in [-0.2, 0) is 14.3 Å². The first-order valence-electron chi connectivity index (χ1n) is 7.90. The summed E-state index contributed by atoms with van der Waals surface area (Å²) in [5.74, 6) is -1.52. The molecule has 0 saturated heterocycles. The Kier molecular flexibility index (Phi) is 6.21. The fourth-order valence-electron chi connectivity index (χ4n) is 2.09. The number of hydrogen-bond donors (Lipinski definition) is 2. The monoisotopic (exact) mass is 371 g/mol. The molecule has 0 heterocycles. The second kappa shape index (κ2) is 8.56. The smallest absolute Gasteiger partial charge is 0.338 e. The number of esters is 1. The van der Waals surface area contributed by atoms with Crippen molar-refractivity contribution in [1.82, 2.24) is 0 Å². The average Bonchev–Trinajstić information content (AvgIpc) is 2.62. The molecule has 2 amide bonds. The van der Waals surface area contributed by atoms with Gasteiger partial charge in [-0.3, -0.25) is 19.7 Å². The number of amides is 2. The molecule has 140 valence electrons. The van der Waals surface area contributed by atoms with E-state index < -0.39 is 22.9 Å². The van der Waals surface area contributed by atoms with Gasteiger partial charge in [-0.05, 0) is 43.3 Å². The Labute approximate surface area is 154 Å². The SMILES string of the molecule is CC(=O)Nc1ccc(NC(=O)C(C)OC(=O)c2ccc([N+](=O)[O-])cc2)cc1. The number of nitro groups is 1. The number of ether oxygens (including phenoxy) is 1. The highest BCUT2D eigenvalue weighted by molar-refractivity contribution is 5.97. The predicted octanol–water partition coefficient (Wildman–Crippen LogP) is 2.74. The minimum Gasteiger partial charge on any atom is -0.449 e. The maximum absolute atomic E-state index is 12.1. The van der Waals surface area contributed by atoms with E-state index in [9.17, 15) is 24.5 Å². The molecule has 9 nitrogen and oxygen atoms in total. The summed E-state index contributed by atoms with van der Waals surface area (Å²) in [5, 5.41) is 15.8. The van der Waals surface area contributed by atoms with Gasteiger partial charge in [-0.2, -0.15) is 0 Å². The van der Waals surface area contributed by atoms with Gasteiger partial charge in [-0.15, -0.1) is 0 Å². The summed E-state index contributed by atoms with van der Waals surface area (Å²) in [6.45, 7) is 2.79. The summed E-state index contributed by atoms with van der Waals surface area (Å²) < 4.78 is 5.07. The zero-order valence-electron chi connectivity index (χ0n) is 14.6. The number of hydrogen-bond acceptors (Lipinski definition) is 6. The van der Waals surface area contributed by atoms with Gasteiger partial charge in [0.05, 0.1) is 10.5 Å². The van der Waals surface area contributed by atoms with Gasteiger partial charge in [-0.1, -0.05) is 0 Å². The van der Waals surface area contributed by atoms with Crippen LogP contribution in [-0.4, -0.2) is 28.8 Å². The van der Waals surface area contributed by atoms with Crippen molar-refractivity contribution in [3.8, 4) is 0 Å². The Morgan fingerprint density at radius 1 is 0.963 bits per heavy atom. The molecule has 27 heavy (non-hydrogen) atoms. The van der Waals surface area contributed by atoms with Crippen LogP contribution in [0.4, 0.5) is 17.1 Å². The molecule has 0 aromatic heterocycles. The highest BCUT2D eigenvalue weighted by atomic mass is 16.6. The van der Waals surface area contributed by atoms with Crippen LogP contribution in [0.25, 0.3) is 0 Å². The van der Waals surface area contributed by atoms with E-state index in [1.165, 1.54) is 38.1 Å². The maximum atomic E-state index is 12.1. The van der Waals surface area contributed by atoms with Crippen molar-refractivity contribution in [2.24, 2.45) is 0 Å². The molecule has 9 heteroatoms. The fraction of sp³-hybridized carbons (Fsp3) is 0.167. The molecule has 0 spiro atoms. The summed E-state index contributed by atoms with van der Waals surface area (Å²) in [4.78, 5) is 45.2. The van der Waals surface area contributed by atoms with E-state index in [2.05, 4.69) is 10.6 Å². The van der Waals surface area contributed by atoms with Crippen LogP contribution in [0.3, 0.4) is 0 Å². The first-order valence-corrected chi connectivity index (χ1v) is 7.90. The van der Waals surface area contributed by atoms with Crippen LogP contribution in [0.5, 0.6) is 0 Å². The van der Waals surface area contributed by atoms with Crippen molar-refractivity contribution < 1.29 is 24.0 Å². The third-order valence-corrected chi connectivity index (χ3v) is 3.44. The van der Waals surface area contributed by atoms with Crippen LogP contribution < -0.4 is 10.6 Å². The highest BCUT2D eigenvalue weighted by Crippen LogP contribution is 2.15. The summed E-state index contributed by atoms with van der Waals surface area (Å²) >= 11 is 0. The van der Waals surface area contributed by atoms with Crippen LogP contribution in [0.1, 0.15) is 24.2 Å². The first-order chi connectivity index (χ1) is 12.8. The van der Waals surface area contributed by atoms with Gasteiger partial charge in [0.2, 0.25) is 5.91 Å². The van der Waals surface area contributed by atoms with Crippen molar-refractivity contribution in [1.29, 1.82) is 0 Å². The Morgan fingerprint density at radius 2 is 1.48 bits per heavy atom. The molecule has 0 aliphatic carbocycles. The molecular formula is C18H17N3O6. The summed E-state index contributed by atoms with van der Waals surface area (Å²) in [7, 11) is 0. The zero-order chi connectivity index (χ0) is 20.0. The van der Waals surface area contributed by atoms with Crippen molar-refractivity contribution in [3.05, 3.63) is 64.2 Å². The van der Waals surface area contributed by atoms with Gasteiger partial charge in [0.25, 0.3) is 11.6 Å². The van der Waals surface area contributed by atoms with E-state index in [1.807, 2.05) is 0 Å². The topological polar surface area (TPSA) is 128 Å². The molecule has 2 N–H and O–H groups in total. The van der Waals surface area contributed by atoms with Crippen molar-refractivity contribution in [2.75, 3.05) is 10.6 Å². The lowest BCUT2D eigenvalue weighted by Gasteiger charge is -2.14. The third-order valence-electron chi connectivity index (χ3n) is 3.44. The minimum absolute atomic E-state index is 0.0971. The summed E-state index contributed by atoms with van der Waals surface area (Å²) in [6, 6.07) is 11.3. The van der Waals surface area contributed by atoms with E-state index in [-0.39, 0.29) is 17.2 Å². The number of carbonyl (C=O) groups is 3. The van der Waals surface area contributed by atoms with Crippen LogP contribution in [0.2, 0.25) is 0 Å². The molecule has 0 aliphatic heterocycles. The zero-order valence-corrected chi connectivity index (χ0v) is 14.6. The van der Waals surface area contributed by atoms with E-state index in [4.69, 9.17) is 4.74 Å². The Bertz CT molecular complexity index is 862. The molecule has 1 unspecified atom stereocenters. The molecule has 0 fully saturated rings. The lowest BCUT2D eigenvalue weighted by Crippen LogP contribution is -2.30. The van der Waals surface area contributed by atoms with Crippen LogP contribution in [0, 0.1) is 10.1 Å². The maximum Gasteiger partial charge on any atom is 0.338 e. The molecular weight excluding hydrogens is 354 g/mol.